The first-order valence-electron chi connectivity index (χ1n) is 28.4. The van der Waals surface area contributed by atoms with Gasteiger partial charge in [0.25, 0.3) is 0 Å². The number of phenolic OH excluding ortho intramolecular Hbond substituents is 1. The maximum Gasteiger partial charge on any atom is 0.161 e. The topological polar surface area (TPSA) is 82.1 Å². The number of nitrogens with zero attached hydrogens (tertiary/aromatic N) is 4. The zero-order valence-corrected chi connectivity index (χ0v) is 51.7. The Labute approximate surface area is 494 Å². The van der Waals surface area contributed by atoms with Crippen LogP contribution in [0.25, 0.3) is 122 Å². The molecule has 0 bridgehead atoms. The number of hydrogen-bond acceptors (Lipinski definition) is 5. The van der Waals surface area contributed by atoms with Gasteiger partial charge in [-0.2, -0.15) is 0 Å². The molecule has 4 aromatic heterocycles. The van der Waals surface area contributed by atoms with Crippen LogP contribution in [0.4, 0.5) is 0 Å². The van der Waals surface area contributed by atoms with Crippen LogP contribution < -0.4 is 0 Å². The van der Waals surface area contributed by atoms with Crippen molar-refractivity contribution in [2.24, 2.45) is 0 Å². The van der Waals surface area contributed by atoms with Crippen molar-refractivity contribution >= 4 is 65.9 Å². The van der Waals surface area contributed by atoms with E-state index in [1.54, 1.807) is 0 Å². The van der Waals surface area contributed by atoms with Gasteiger partial charge in [0, 0.05) is 59.4 Å². The molecule has 0 atom stereocenters. The molecule has 0 saturated carbocycles. The molecule has 13 aromatic rings. The molecule has 0 unspecified atom stereocenters. The Morgan fingerprint density at radius 1 is 0.476 bits per heavy atom. The normalized spacial score (nSPS) is 12.7. The Kier molecular flexibility index (Phi) is 12.9. The number of phenols is 1. The molecule has 9 aromatic carbocycles. The number of para-hydroxylation sites is 3. The first-order valence-corrected chi connectivity index (χ1v) is 28.4. The third-order valence-corrected chi connectivity index (χ3v) is 16.6. The average Bonchev–Trinajstić information content (AvgIpc) is 3.94. The Morgan fingerprint density at radius 2 is 1.06 bits per heavy atom. The van der Waals surface area contributed by atoms with Crippen molar-refractivity contribution in [3.05, 3.63) is 197 Å². The molecule has 0 aliphatic heterocycles. The van der Waals surface area contributed by atoms with Crippen LogP contribution in [0, 0.1) is 19.9 Å². The number of aromatic nitrogens is 4. The van der Waals surface area contributed by atoms with E-state index < -0.39 is 5.41 Å². The standard InChI is InChI=1S/C74H69N4O3.Pt/c1-42-23-22-24-43(2)64(42)78-65-57(33-32-52-50-27-18-20-29-60(50)81-68(52)65)75-69(78)46-35-45(36-48(37-46)72(6,7)8)62-63-59(41-54-51-28-19-21-30-61(51)80-67(54)62)77(58-34-31-47(71(3,4)5)38-53(58)44-25-16-15-17-26-44)70(76-63)55-39-49(73(9,10)11)40-56(66(55)79)74(12,13)14;/h15-34,36-41,79H,1-14H3;/q-1;. The van der Waals surface area contributed by atoms with Crippen molar-refractivity contribution in [1.82, 2.24) is 19.1 Å². The molecule has 8 heteroatoms. The summed E-state index contributed by atoms with van der Waals surface area (Å²) in [7, 11) is 0. The van der Waals surface area contributed by atoms with Gasteiger partial charge >= 0.3 is 0 Å². The summed E-state index contributed by atoms with van der Waals surface area (Å²) in [6.07, 6.45) is 0. The largest absolute Gasteiger partial charge is 0.507 e. The van der Waals surface area contributed by atoms with E-state index in [1.807, 2.05) is 24.3 Å². The van der Waals surface area contributed by atoms with E-state index in [4.69, 9.17) is 18.8 Å². The molecule has 0 amide bonds. The van der Waals surface area contributed by atoms with Crippen LogP contribution in [0.1, 0.15) is 116 Å². The van der Waals surface area contributed by atoms with Crippen LogP contribution in [0.5, 0.6) is 5.75 Å². The van der Waals surface area contributed by atoms with Crippen molar-refractivity contribution in [3.8, 4) is 62.2 Å². The zero-order chi connectivity index (χ0) is 56.8. The smallest absolute Gasteiger partial charge is 0.161 e. The maximum absolute atomic E-state index is 13.0. The van der Waals surface area contributed by atoms with Gasteiger partial charge in [-0.15, -0.1) is 29.3 Å². The summed E-state index contributed by atoms with van der Waals surface area (Å²) in [4.78, 5) is 11.5. The molecular weight excluding hydrogens is 1190 g/mol. The second kappa shape index (κ2) is 19.3. The van der Waals surface area contributed by atoms with E-state index >= 15 is 0 Å². The first kappa shape index (κ1) is 54.6. The maximum atomic E-state index is 13.0. The molecule has 414 valence electrons. The number of hydrogen-bond donors (Lipinski definition) is 1. The van der Waals surface area contributed by atoms with Gasteiger partial charge in [-0.05, 0) is 117 Å². The number of benzene rings is 9. The van der Waals surface area contributed by atoms with E-state index in [1.165, 1.54) is 5.56 Å². The number of aryl methyl sites for hydroxylation is 2. The predicted octanol–water partition coefficient (Wildman–Crippen LogP) is 20.1. The van der Waals surface area contributed by atoms with Gasteiger partial charge in [-0.25, -0.2) is 4.98 Å². The third-order valence-electron chi connectivity index (χ3n) is 16.6. The van der Waals surface area contributed by atoms with E-state index in [9.17, 15) is 5.11 Å². The number of fused-ring (bicyclic) bond motifs is 9. The Hall–Kier alpha value is -7.99. The molecule has 0 saturated heterocycles. The summed E-state index contributed by atoms with van der Waals surface area (Å²) in [6.45, 7) is 31.1. The summed E-state index contributed by atoms with van der Waals surface area (Å²) < 4.78 is 18.6. The Balaban J connectivity index is 0.00000665. The van der Waals surface area contributed by atoms with Crippen LogP contribution in [0.2, 0.25) is 0 Å². The minimum absolute atomic E-state index is 0. The average molecular weight is 1260 g/mol. The van der Waals surface area contributed by atoms with Crippen LogP contribution in [-0.2, 0) is 42.7 Å². The second-order valence-corrected chi connectivity index (χ2v) is 26.5. The fourth-order valence-corrected chi connectivity index (χ4v) is 12.1. The van der Waals surface area contributed by atoms with Crippen molar-refractivity contribution in [3.63, 3.8) is 0 Å². The number of furan rings is 2. The van der Waals surface area contributed by atoms with Gasteiger partial charge in [-0.1, -0.05) is 186 Å². The monoisotopic (exact) mass is 1260 g/mol. The van der Waals surface area contributed by atoms with E-state index in [-0.39, 0.29) is 43.1 Å². The molecule has 0 fully saturated rings. The number of aromatic hydroxyl groups is 1. The van der Waals surface area contributed by atoms with E-state index in [0.29, 0.717) is 22.5 Å². The number of imidazole rings is 2. The molecule has 82 heavy (non-hydrogen) atoms. The van der Waals surface area contributed by atoms with Crippen molar-refractivity contribution in [2.75, 3.05) is 0 Å². The summed E-state index contributed by atoms with van der Waals surface area (Å²) in [5.41, 5.74) is 19.0. The Morgan fingerprint density at radius 3 is 1.71 bits per heavy atom. The molecule has 0 spiro atoms. The van der Waals surface area contributed by atoms with Gasteiger partial charge in [0.15, 0.2) is 5.58 Å². The van der Waals surface area contributed by atoms with Crippen LogP contribution >= 0.6 is 0 Å². The molecule has 0 aliphatic rings. The van der Waals surface area contributed by atoms with Gasteiger partial charge in [0.1, 0.15) is 33.8 Å². The molecule has 13 rings (SSSR count). The van der Waals surface area contributed by atoms with Crippen LogP contribution in [0.3, 0.4) is 0 Å². The van der Waals surface area contributed by atoms with Crippen molar-refractivity contribution in [2.45, 2.75) is 119 Å². The summed E-state index contributed by atoms with van der Waals surface area (Å²) in [6, 6.07) is 60.0. The SMILES string of the molecule is Cc1cccc(C)c1-n1c(-c2[c-]c(-c3c4nc(-c5cc(C(C)(C)C)cc(C(C)(C)C)c5O)n(-c5ccc(C(C)(C)C)cc5-c5ccccc5)c4cc4c3oc3ccccc34)cc(C(C)(C)C)c2)nc2ccc3c4ccccc4oc3c21.[Pt]. The third kappa shape index (κ3) is 8.90. The molecule has 1 N–H and O–H groups in total. The van der Waals surface area contributed by atoms with Gasteiger partial charge in [0.2, 0.25) is 0 Å². The van der Waals surface area contributed by atoms with Crippen molar-refractivity contribution < 1.29 is 35.0 Å². The fourth-order valence-electron chi connectivity index (χ4n) is 12.1. The Bertz CT molecular complexity index is 4690. The fraction of sp³-hybridized carbons (Fsp3) is 0.243. The van der Waals surface area contributed by atoms with Crippen molar-refractivity contribution in [1.29, 1.82) is 0 Å². The molecule has 0 radical (unpaired) electrons. The van der Waals surface area contributed by atoms with E-state index in [2.05, 4.69) is 246 Å². The summed E-state index contributed by atoms with van der Waals surface area (Å²) in [5, 5.41) is 17.0. The second-order valence-electron chi connectivity index (χ2n) is 26.5. The van der Waals surface area contributed by atoms with Crippen LogP contribution in [-0.4, -0.2) is 24.2 Å². The first-order chi connectivity index (χ1) is 38.4. The molecule has 7 nitrogen and oxygen atoms in total. The minimum Gasteiger partial charge on any atom is -0.507 e. The molecule has 4 heterocycles. The van der Waals surface area contributed by atoms with Gasteiger partial charge in [0.05, 0.1) is 33.6 Å². The minimum atomic E-state index is -0.396. The number of rotatable bonds is 6. The molecular formula is C74H69N4O3Pt-. The van der Waals surface area contributed by atoms with Gasteiger partial charge in [-0.3, -0.25) is 9.55 Å². The molecule has 0 aliphatic carbocycles. The quantitative estimate of drug-likeness (QED) is 0.168. The predicted molar refractivity (Wildman–Crippen MR) is 337 cm³/mol. The van der Waals surface area contributed by atoms with Gasteiger partial charge < -0.3 is 18.5 Å². The zero-order valence-electron chi connectivity index (χ0n) is 49.4. The van der Waals surface area contributed by atoms with E-state index in [0.717, 1.165) is 128 Å². The van der Waals surface area contributed by atoms with Crippen LogP contribution in [0.15, 0.2) is 167 Å². The summed E-state index contributed by atoms with van der Waals surface area (Å²) >= 11 is 0. The summed E-state index contributed by atoms with van der Waals surface area (Å²) in [5.74, 6) is 1.58.